The first-order valence-electron chi connectivity index (χ1n) is 6.37. The highest BCUT2D eigenvalue weighted by Gasteiger charge is 2.04. The summed E-state index contributed by atoms with van der Waals surface area (Å²) in [5, 5.41) is 12.2. The average Bonchev–Trinajstić information content (AvgIpc) is 3.00. The van der Waals surface area contributed by atoms with E-state index in [1.807, 2.05) is 24.3 Å². The molecule has 0 spiro atoms. The van der Waals surface area contributed by atoms with E-state index in [1.54, 1.807) is 13.3 Å². The second-order valence-corrected chi connectivity index (χ2v) is 4.36. The fourth-order valence-corrected chi connectivity index (χ4v) is 2.07. The predicted octanol–water partition coefficient (Wildman–Crippen LogP) is 2.02. The third kappa shape index (κ3) is 2.54. The number of ether oxygens (including phenoxy) is 1. The van der Waals surface area contributed by atoms with Gasteiger partial charge in [0.2, 0.25) is 0 Å². The number of rotatable bonds is 5. The SMILES string of the molecule is COc1ccc2ccnc(NCCc3ncn[nH]3)c2c1. The van der Waals surface area contributed by atoms with Crippen molar-refractivity contribution in [3.63, 3.8) is 0 Å². The molecule has 0 aliphatic rings. The van der Waals surface area contributed by atoms with Crippen molar-refractivity contribution >= 4 is 16.6 Å². The summed E-state index contributed by atoms with van der Waals surface area (Å²) >= 11 is 0. The monoisotopic (exact) mass is 269 g/mol. The number of hydrogen-bond acceptors (Lipinski definition) is 5. The van der Waals surface area contributed by atoms with Crippen LogP contribution in [0.1, 0.15) is 5.82 Å². The first kappa shape index (κ1) is 12.4. The zero-order valence-corrected chi connectivity index (χ0v) is 11.1. The summed E-state index contributed by atoms with van der Waals surface area (Å²) in [6.07, 6.45) is 4.07. The van der Waals surface area contributed by atoms with Gasteiger partial charge in [-0.15, -0.1) is 0 Å². The van der Waals surface area contributed by atoms with E-state index in [9.17, 15) is 0 Å². The highest BCUT2D eigenvalue weighted by atomic mass is 16.5. The lowest BCUT2D eigenvalue weighted by Gasteiger charge is -2.09. The number of hydrogen-bond donors (Lipinski definition) is 2. The van der Waals surface area contributed by atoms with Crippen LogP contribution in [0.15, 0.2) is 36.8 Å². The Bertz CT molecular complexity index is 696. The normalized spacial score (nSPS) is 10.7. The zero-order valence-electron chi connectivity index (χ0n) is 11.1. The Hall–Kier alpha value is -2.63. The summed E-state index contributed by atoms with van der Waals surface area (Å²) in [5.74, 6) is 2.53. The molecule has 0 saturated carbocycles. The fourth-order valence-electron chi connectivity index (χ4n) is 2.07. The van der Waals surface area contributed by atoms with Crippen molar-refractivity contribution in [3.8, 4) is 5.75 Å². The number of nitrogens with zero attached hydrogens (tertiary/aromatic N) is 3. The number of anilines is 1. The van der Waals surface area contributed by atoms with Gasteiger partial charge < -0.3 is 10.1 Å². The predicted molar refractivity (Wildman–Crippen MR) is 76.9 cm³/mol. The number of H-pyrrole nitrogens is 1. The van der Waals surface area contributed by atoms with Crippen LogP contribution in [-0.2, 0) is 6.42 Å². The van der Waals surface area contributed by atoms with E-state index in [-0.39, 0.29) is 0 Å². The molecule has 6 heteroatoms. The van der Waals surface area contributed by atoms with Gasteiger partial charge in [-0.25, -0.2) is 9.97 Å². The summed E-state index contributed by atoms with van der Waals surface area (Å²) in [6, 6.07) is 7.94. The molecule has 0 bridgehead atoms. The van der Waals surface area contributed by atoms with Crippen molar-refractivity contribution in [2.45, 2.75) is 6.42 Å². The molecule has 0 saturated heterocycles. The van der Waals surface area contributed by atoms with Gasteiger partial charge in [0.1, 0.15) is 23.7 Å². The molecule has 102 valence electrons. The van der Waals surface area contributed by atoms with Crippen LogP contribution in [0.5, 0.6) is 5.75 Å². The molecule has 0 atom stereocenters. The van der Waals surface area contributed by atoms with Crippen molar-refractivity contribution in [2.75, 3.05) is 19.0 Å². The molecule has 0 aliphatic carbocycles. The number of benzene rings is 1. The van der Waals surface area contributed by atoms with Crippen LogP contribution in [-0.4, -0.2) is 33.8 Å². The molecule has 3 rings (SSSR count). The van der Waals surface area contributed by atoms with Crippen LogP contribution in [0, 0.1) is 0 Å². The van der Waals surface area contributed by atoms with Gasteiger partial charge >= 0.3 is 0 Å². The van der Waals surface area contributed by atoms with Gasteiger partial charge in [-0.3, -0.25) is 5.10 Å². The van der Waals surface area contributed by atoms with Gasteiger partial charge in [0.25, 0.3) is 0 Å². The second kappa shape index (κ2) is 5.56. The minimum absolute atomic E-state index is 0.735. The Labute approximate surface area is 116 Å². The summed E-state index contributed by atoms with van der Waals surface area (Å²) in [4.78, 5) is 8.48. The molecule has 2 N–H and O–H groups in total. The van der Waals surface area contributed by atoms with E-state index >= 15 is 0 Å². The van der Waals surface area contributed by atoms with E-state index in [2.05, 4.69) is 25.5 Å². The Morgan fingerprint density at radius 1 is 1.25 bits per heavy atom. The molecule has 2 aromatic heterocycles. The Balaban J connectivity index is 1.79. The molecule has 2 heterocycles. The summed E-state index contributed by atoms with van der Waals surface area (Å²) in [5.41, 5.74) is 0. The summed E-state index contributed by atoms with van der Waals surface area (Å²) in [6.45, 7) is 0.735. The lowest BCUT2D eigenvalue weighted by atomic mass is 10.1. The van der Waals surface area contributed by atoms with E-state index in [0.29, 0.717) is 0 Å². The van der Waals surface area contributed by atoms with Crippen molar-refractivity contribution in [2.24, 2.45) is 0 Å². The standard InChI is InChI=1S/C14H15N5O/c1-20-11-3-2-10-4-6-15-14(12(10)8-11)16-7-5-13-17-9-18-19-13/h2-4,6,8-9H,5,7H2,1H3,(H,15,16)(H,17,18,19). The topological polar surface area (TPSA) is 75.7 Å². The minimum atomic E-state index is 0.735. The summed E-state index contributed by atoms with van der Waals surface area (Å²) in [7, 11) is 1.66. The average molecular weight is 269 g/mol. The van der Waals surface area contributed by atoms with Crippen LogP contribution in [0.2, 0.25) is 0 Å². The van der Waals surface area contributed by atoms with E-state index < -0.39 is 0 Å². The van der Waals surface area contributed by atoms with Gasteiger partial charge in [0, 0.05) is 24.5 Å². The molecule has 20 heavy (non-hydrogen) atoms. The maximum Gasteiger partial charge on any atom is 0.137 e. The van der Waals surface area contributed by atoms with Gasteiger partial charge in [-0.2, -0.15) is 5.10 Å². The lowest BCUT2D eigenvalue weighted by molar-refractivity contribution is 0.415. The number of aromatic nitrogens is 4. The number of aromatic amines is 1. The lowest BCUT2D eigenvalue weighted by Crippen LogP contribution is -2.07. The molecule has 1 aromatic carbocycles. The van der Waals surface area contributed by atoms with Crippen LogP contribution in [0.3, 0.4) is 0 Å². The Morgan fingerprint density at radius 2 is 2.20 bits per heavy atom. The zero-order chi connectivity index (χ0) is 13.8. The quantitative estimate of drug-likeness (QED) is 0.741. The van der Waals surface area contributed by atoms with Crippen LogP contribution < -0.4 is 10.1 Å². The van der Waals surface area contributed by atoms with Crippen LogP contribution >= 0.6 is 0 Å². The van der Waals surface area contributed by atoms with Crippen molar-refractivity contribution in [1.29, 1.82) is 0 Å². The fraction of sp³-hybridized carbons (Fsp3) is 0.214. The maximum absolute atomic E-state index is 5.26. The van der Waals surface area contributed by atoms with Gasteiger partial charge in [0.15, 0.2) is 0 Å². The van der Waals surface area contributed by atoms with Crippen molar-refractivity contribution in [1.82, 2.24) is 20.2 Å². The van der Waals surface area contributed by atoms with E-state index in [0.717, 1.165) is 41.1 Å². The number of fused-ring (bicyclic) bond motifs is 1. The molecule has 3 aromatic rings. The number of nitrogens with one attached hydrogen (secondary N) is 2. The molecule has 0 unspecified atom stereocenters. The third-order valence-electron chi connectivity index (χ3n) is 3.09. The van der Waals surface area contributed by atoms with Gasteiger partial charge in [0.05, 0.1) is 7.11 Å². The third-order valence-corrected chi connectivity index (χ3v) is 3.09. The smallest absolute Gasteiger partial charge is 0.137 e. The Morgan fingerprint density at radius 3 is 3.00 bits per heavy atom. The molecule has 0 radical (unpaired) electrons. The minimum Gasteiger partial charge on any atom is -0.497 e. The molecular formula is C14H15N5O. The highest BCUT2D eigenvalue weighted by Crippen LogP contribution is 2.25. The first-order valence-corrected chi connectivity index (χ1v) is 6.37. The summed E-state index contributed by atoms with van der Waals surface area (Å²) < 4.78 is 5.26. The van der Waals surface area contributed by atoms with E-state index in [1.165, 1.54) is 6.33 Å². The molecule has 6 nitrogen and oxygen atoms in total. The van der Waals surface area contributed by atoms with Gasteiger partial charge in [-0.05, 0) is 23.6 Å². The van der Waals surface area contributed by atoms with Crippen molar-refractivity contribution in [3.05, 3.63) is 42.6 Å². The molecule has 0 fully saturated rings. The molecule has 0 amide bonds. The largest absolute Gasteiger partial charge is 0.497 e. The van der Waals surface area contributed by atoms with E-state index in [4.69, 9.17) is 4.74 Å². The van der Waals surface area contributed by atoms with Crippen LogP contribution in [0.4, 0.5) is 5.82 Å². The maximum atomic E-state index is 5.26. The van der Waals surface area contributed by atoms with Gasteiger partial charge in [-0.1, -0.05) is 6.07 Å². The number of methoxy groups -OCH3 is 1. The second-order valence-electron chi connectivity index (χ2n) is 4.36. The van der Waals surface area contributed by atoms with Crippen LogP contribution in [0.25, 0.3) is 10.8 Å². The highest BCUT2D eigenvalue weighted by molar-refractivity contribution is 5.92. The van der Waals surface area contributed by atoms with Crippen molar-refractivity contribution < 1.29 is 4.74 Å². The molecular weight excluding hydrogens is 254 g/mol. The number of pyridine rings is 1. The molecule has 0 aliphatic heterocycles. The Kier molecular flexibility index (Phi) is 3.45. The first-order chi connectivity index (χ1) is 9.86.